The number of aryl methyl sites for hydroxylation is 1. The average Bonchev–Trinajstić information content (AvgIpc) is 2.46. The highest BCUT2D eigenvalue weighted by atomic mass is 16.5. The average molecular weight is 239 g/mol. The normalized spacial score (nSPS) is 13.6. The van der Waals surface area contributed by atoms with E-state index >= 15 is 0 Å². The lowest BCUT2D eigenvalue weighted by atomic mass is 10.0. The van der Waals surface area contributed by atoms with Gasteiger partial charge in [-0.3, -0.25) is 0 Å². The van der Waals surface area contributed by atoms with Crippen molar-refractivity contribution in [2.24, 2.45) is 0 Å². The molecule has 3 rings (SSSR count). The van der Waals surface area contributed by atoms with E-state index in [9.17, 15) is 0 Å². The molecule has 2 aromatic rings. The molecule has 0 saturated heterocycles. The van der Waals surface area contributed by atoms with Gasteiger partial charge in [-0.2, -0.15) is 0 Å². The summed E-state index contributed by atoms with van der Waals surface area (Å²) < 4.78 is 5.93. The van der Waals surface area contributed by atoms with Crippen molar-refractivity contribution < 1.29 is 4.74 Å². The fourth-order valence-corrected chi connectivity index (χ4v) is 2.33. The van der Waals surface area contributed by atoms with Gasteiger partial charge in [0.05, 0.1) is 5.69 Å². The maximum absolute atomic E-state index is 5.93. The summed E-state index contributed by atoms with van der Waals surface area (Å²) in [6.45, 7) is 1.66. The Kier molecular flexibility index (Phi) is 3.18. The lowest BCUT2D eigenvalue weighted by Gasteiger charge is -2.21. The second-order valence-electron chi connectivity index (χ2n) is 4.59. The predicted molar refractivity (Wildman–Crippen MR) is 74.0 cm³/mol. The summed E-state index contributed by atoms with van der Waals surface area (Å²) in [7, 11) is 0. The van der Waals surface area contributed by atoms with E-state index in [1.165, 1.54) is 23.2 Å². The highest BCUT2D eigenvalue weighted by Gasteiger charge is 2.12. The van der Waals surface area contributed by atoms with E-state index in [4.69, 9.17) is 4.74 Å². The smallest absolute Gasteiger partial charge is 0.143 e. The first-order valence-corrected chi connectivity index (χ1v) is 6.46. The highest BCUT2D eigenvalue weighted by molar-refractivity contribution is 5.63. The number of hydrogen-bond donors (Lipinski definition) is 1. The van der Waals surface area contributed by atoms with Crippen molar-refractivity contribution in [2.75, 3.05) is 11.9 Å². The summed E-state index contributed by atoms with van der Waals surface area (Å²) >= 11 is 0. The van der Waals surface area contributed by atoms with Crippen LogP contribution >= 0.6 is 0 Å². The van der Waals surface area contributed by atoms with Crippen LogP contribution < -0.4 is 10.1 Å². The minimum atomic E-state index is 0.624. The van der Waals surface area contributed by atoms with Crippen LogP contribution in [0.5, 0.6) is 5.75 Å². The van der Waals surface area contributed by atoms with Crippen molar-refractivity contribution >= 4 is 5.69 Å². The van der Waals surface area contributed by atoms with Crippen molar-refractivity contribution in [1.29, 1.82) is 0 Å². The third kappa shape index (κ3) is 2.33. The molecule has 0 saturated carbocycles. The molecule has 18 heavy (non-hydrogen) atoms. The summed E-state index contributed by atoms with van der Waals surface area (Å²) in [4.78, 5) is 0. The Morgan fingerprint density at radius 1 is 1.00 bits per heavy atom. The van der Waals surface area contributed by atoms with Crippen LogP contribution in [0.25, 0.3) is 0 Å². The number of benzene rings is 2. The Bertz CT molecular complexity index is 522. The quantitative estimate of drug-likeness (QED) is 0.883. The molecular formula is C16H17NO. The second-order valence-corrected chi connectivity index (χ2v) is 4.59. The maximum atomic E-state index is 5.93. The molecular weight excluding hydrogens is 222 g/mol. The molecule has 0 bridgehead atoms. The molecule has 0 aliphatic carbocycles. The third-order valence-electron chi connectivity index (χ3n) is 3.27. The van der Waals surface area contributed by atoms with E-state index in [0.717, 1.165) is 18.7 Å². The maximum Gasteiger partial charge on any atom is 0.143 e. The Labute approximate surface area is 108 Å². The molecule has 2 heteroatoms. The minimum Gasteiger partial charge on any atom is -0.487 e. The van der Waals surface area contributed by atoms with Gasteiger partial charge in [0, 0.05) is 6.54 Å². The summed E-state index contributed by atoms with van der Waals surface area (Å²) in [6, 6.07) is 16.6. The highest BCUT2D eigenvalue weighted by Crippen LogP contribution is 2.32. The number of para-hydroxylation sites is 1. The van der Waals surface area contributed by atoms with Crippen LogP contribution in [-0.2, 0) is 13.0 Å². The molecule has 0 atom stereocenters. The molecule has 0 amide bonds. The summed E-state index contributed by atoms with van der Waals surface area (Å²) in [5.74, 6) is 0.969. The van der Waals surface area contributed by atoms with Crippen LogP contribution in [0, 0.1) is 0 Å². The summed E-state index contributed by atoms with van der Waals surface area (Å²) in [6.07, 6.45) is 2.35. The largest absolute Gasteiger partial charge is 0.487 e. The Morgan fingerprint density at radius 3 is 2.78 bits per heavy atom. The van der Waals surface area contributed by atoms with Crippen LogP contribution in [0.2, 0.25) is 0 Å². The van der Waals surface area contributed by atoms with Gasteiger partial charge in [0.2, 0.25) is 0 Å². The van der Waals surface area contributed by atoms with Crippen molar-refractivity contribution in [3.8, 4) is 5.75 Å². The van der Waals surface area contributed by atoms with E-state index in [2.05, 4.69) is 29.6 Å². The van der Waals surface area contributed by atoms with Crippen LogP contribution in [0.3, 0.4) is 0 Å². The predicted octanol–water partition coefficient (Wildman–Crippen LogP) is 3.62. The zero-order valence-electron chi connectivity index (χ0n) is 10.4. The molecule has 0 fully saturated rings. The number of ether oxygens (including phenoxy) is 1. The summed E-state index contributed by atoms with van der Waals surface area (Å²) in [5.41, 5.74) is 3.75. The number of nitrogens with one attached hydrogen (secondary N) is 1. The molecule has 1 aliphatic heterocycles. The van der Waals surface area contributed by atoms with Crippen LogP contribution in [0.4, 0.5) is 5.69 Å². The first kappa shape index (κ1) is 11.1. The van der Waals surface area contributed by atoms with Crippen LogP contribution in [-0.4, -0.2) is 6.54 Å². The number of rotatable bonds is 3. The molecule has 0 aromatic heterocycles. The van der Waals surface area contributed by atoms with Crippen molar-refractivity contribution in [3.05, 3.63) is 59.7 Å². The molecule has 92 valence electrons. The van der Waals surface area contributed by atoms with Gasteiger partial charge in [-0.05, 0) is 30.0 Å². The van der Waals surface area contributed by atoms with Gasteiger partial charge >= 0.3 is 0 Å². The van der Waals surface area contributed by atoms with E-state index in [0.29, 0.717) is 6.61 Å². The van der Waals surface area contributed by atoms with Gasteiger partial charge in [0.15, 0.2) is 0 Å². The minimum absolute atomic E-state index is 0.624. The van der Waals surface area contributed by atoms with E-state index < -0.39 is 0 Å². The topological polar surface area (TPSA) is 21.3 Å². The molecule has 0 spiro atoms. The third-order valence-corrected chi connectivity index (χ3v) is 3.27. The number of fused-ring (bicyclic) bond motifs is 1. The molecule has 1 N–H and O–H groups in total. The van der Waals surface area contributed by atoms with Gasteiger partial charge in [0.25, 0.3) is 0 Å². The Morgan fingerprint density at radius 2 is 1.89 bits per heavy atom. The Balaban J connectivity index is 1.77. The van der Waals surface area contributed by atoms with Gasteiger partial charge < -0.3 is 10.1 Å². The van der Waals surface area contributed by atoms with Gasteiger partial charge in [-0.1, -0.05) is 42.5 Å². The Hall–Kier alpha value is -1.96. The monoisotopic (exact) mass is 239 g/mol. The molecule has 0 radical (unpaired) electrons. The standard InChI is InChI=1S/C16H17NO/c1-2-6-13(7-3-1)12-18-15-10-4-8-14-9-5-11-17-16(14)15/h1-4,6-8,10,17H,5,9,11-12H2. The van der Waals surface area contributed by atoms with Crippen LogP contribution in [0.1, 0.15) is 17.5 Å². The second kappa shape index (κ2) is 5.13. The molecule has 1 heterocycles. The van der Waals surface area contributed by atoms with Gasteiger partial charge in [-0.25, -0.2) is 0 Å². The van der Waals surface area contributed by atoms with E-state index in [1.54, 1.807) is 0 Å². The first-order chi connectivity index (χ1) is 8.93. The van der Waals surface area contributed by atoms with Gasteiger partial charge in [0.1, 0.15) is 12.4 Å². The van der Waals surface area contributed by atoms with E-state index in [1.807, 2.05) is 24.3 Å². The first-order valence-electron chi connectivity index (χ1n) is 6.46. The van der Waals surface area contributed by atoms with Crippen molar-refractivity contribution in [2.45, 2.75) is 19.4 Å². The zero-order chi connectivity index (χ0) is 12.2. The van der Waals surface area contributed by atoms with Crippen molar-refractivity contribution in [3.63, 3.8) is 0 Å². The molecule has 2 nitrogen and oxygen atoms in total. The summed E-state index contributed by atoms with van der Waals surface area (Å²) in [5, 5.41) is 3.44. The molecule has 0 unspecified atom stereocenters. The lowest BCUT2D eigenvalue weighted by Crippen LogP contribution is -2.13. The van der Waals surface area contributed by atoms with E-state index in [-0.39, 0.29) is 0 Å². The lowest BCUT2D eigenvalue weighted by molar-refractivity contribution is 0.307. The fraction of sp³-hybridized carbons (Fsp3) is 0.250. The molecule has 1 aliphatic rings. The number of anilines is 1. The van der Waals surface area contributed by atoms with Gasteiger partial charge in [-0.15, -0.1) is 0 Å². The van der Waals surface area contributed by atoms with Crippen LogP contribution in [0.15, 0.2) is 48.5 Å². The fourth-order valence-electron chi connectivity index (χ4n) is 2.33. The number of hydrogen-bond acceptors (Lipinski definition) is 2. The zero-order valence-corrected chi connectivity index (χ0v) is 10.4. The van der Waals surface area contributed by atoms with Crippen molar-refractivity contribution in [1.82, 2.24) is 0 Å². The molecule has 2 aromatic carbocycles. The SMILES string of the molecule is c1ccc(COc2cccc3c2NCCC3)cc1.